The highest BCUT2D eigenvalue weighted by atomic mass is 19.1. The minimum atomic E-state index is -1.05. The molecule has 1 aliphatic heterocycles. The van der Waals surface area contributed by atoms with Crippen LogP contribution in [0.15, 0.2) is 36.4 Å². The maximum Gasteiger partial charge on any atom is 0.407 e. The molecule has 4 N–H and O–H groups in total. The van der Waals surface area contributed by atoms with E-state index in [1.54, 1.807) is 24.3 Å². The lowest BCUT2D eigenvalue weighted by Gasteiger charge is -2.39. The normalized spacial score (nSPS) is 16.3. The number of nitrogens with zero attached hydrogens (tertiary/aromatic N) is 1. The fourth-order valence-corrected chi connectivity index (χ4v) is 3.47. The maximum absolute atomic E-state index is 13.4. The van der Waals surface area contributed by atoms with E-state index < -0.39 is 23.1 Å². The molecule has 0 saturated carbocycles. The molecule has 2 aromatic rings. The molecule has 1 atom stereocenters. The van der Waals surface area contributed by atoms with Gasteiger partial charge in [-0.15, -0.1) is 0 Å². The predicted molar refractivity (Wildman–Crippen MR) is 99.5 cm³/mol. The zero-order valence-corrected chi connectivity index (χ0v) is 15.3. The smallest absolute Gasteiger partial charge is 0.407 e. The highest BCUT2D eigenvalue weighted by Crippen LogP contribution is 2.39. The van der Waals surface area contributed by atoms with Crippen molar-refractivity contribution in [3.05, 3.63) is 53.3 Å². The Morgan fingerprint density at radius 1 is 1.33 bits per heavy atom. The average molecular weight is 374 g/mol. The first-order chi connectivity index (χ1) is 12.7. The summed E-state index contributed by atoms with van der Waals surface area (Å²) in [5.41, 5.74) is 7.14. The van der Waals surface area contributed by atoms with Gasteiger partial charge < -0.3 is 25.6 Å². The summed E-state index contributed by atoms with van der Waals surface area (Å²) in [5.74, 6) is -0.565. The quantitative estimate of drug-likeness (QED) is 0.706. The Morgan fingerprint density at radius 3 is 2.74 bits per heavy atom. The first-order valence-corrected chi connectivity index (χ1v) is 8.70. The van der Waals surface area contributed by atoms with E-state index in [1.165, 1.54) is 17.0 Å². The van der Waals surface area contributed by atoms with E-state index in [0.29, 0.717) is 30.0 Å². The molecular weight excluding hydrogens is 351 g/mol. The largest absolute Gasteiger partial charge is 0.505 e. The molecular formula is C20H23FN2O4. The molecule has 27 heavy (non-hydrogen) atoms. The summed E-state index contributed by atoms with van der Waals surface area (Å²) in [6.07, 6.45) is -0.530. The molecule has 7 heteroatoms. The van der Waals surface area contributed by atoms with Crippen LogP contribution in [0.3, 0.4) is 0 Å². The Bertz CT molecular complexity index is 869. The van der Waals surface area contributed by atoms with Crippen LogP contribution in [0.5, 0.6) is 11.5 Å². The molecule has 0 bridgehead atoms. The number of carboxylic acid groups (broad SMARTS) is 1. The predicted octanol–water partition coefficient (Wildman–Crippen LogP) is 3.89. The van der Waals surface area contributed by atoms with Gasteiger partial charge in [-0.25, -0.2) is 9.18 Å². The molecule has 144 valence electrons. The number of phenols is 1. The monoisotopic (exact) mass is 374 g/mol. The van der Waals surface area contributed by atoms with Crippen molar-refractivity contribution in [2.75, 3.05) is 18.9 Å². The van der Waals surface area contributed by atoms with Crippen molar-refractivity contribution >= 4 is 11.8 Å². The number of fused-ring (bicyclic) bond motifs is 1. The van der Waals surface area contributed by atoms with Crippen LogP contribution in [0, 0.1) is 5.82 Å². The van der Waals surface area contributed by atoms with Crippen LogP contribution >= 0.6 is 0 Å². The Balaban J connectivity index is 1.93. The fourth-order valence-electron chi connectivity index (χ4n) is 3.47. The minimum Gasteiger partial charge on any atom is -0.505 e. The molecule has 3 rings (SSSR count). The lowest BCUT2D eigenvalue weighted by atomic mass is 9.83. The summed E-state index contributed by atoms with van der Waals surface area (Å²) in [5, 5.41) is 19.5. The number of anilines is 1. The number of ether oxygens (including phenoxy) is 1. The van der Waals surface area contributed by atoms with Gasteiger partial charge in [0.2, 0.25) is 0 Å². The summed E-state index contributed by atoms with van der Waals surface area (Å²) in [4.78, 5) is 13.4. The zero-order chi connectivity index (χ0) is 19.8. The first kappa shape index (κ1) is 18.8. The van der Waals surface area contributed by atoms with Crippen LogP contribution in [0.1, 0.15) is 37.4 Å². The molecule has 1 amide bonds. The second-order valence-electron chi connectivity index (χ2n) is 7.41. The van der Waals surface area contributed by atoms with E-state index in [9.17, 15) is 19.4 Å². The van der Waals surface area contributed by atoms with Gasteiger partial charge in [-0.3, -0.25) is 0 Å². The topological polar surface area (TPSA) is 96.0 Å². The van der Waals surface area contributed by atoms with Crippen molar-refractivity contribution < 1.29 is 24.1 Å². The van der Waals surface area contributed by atoms with Gasteiger partial charge in [0.1, 0.15) is 5.75 Å². The number of nitrogens with two attached hydrogens (primary N) is 1. The SMILES string of the molecule is CC(C)(CN(C(=O)O)C1CCOc2cc(N)ccc21)c1ccc(F)c(O)c1. The number of hydrogen-bond acceptors (Lipinski definition) is 4. The third kappa shape index (κ3) is 3.77. The van der Waals surface area contributed by atoms with Crippen molar-refractivity contribution in [1.29, 1.82) is 0 Å². The molecule has 1 unspecified atom stereocenters. The number of rotatable bonds is 4. The van der Waals surface area contributed by atoms with Crippen molar-refractivity contribution in [2.24, 2.45) is 0 Å². The molecule has 6 nitrogen and oxygen atoms in total. The van der Waals surface area contributed by atoms with Gasteiger partial charge in [-0.05, 0) is 23.8 Å². The van der Waals surface area contributed by atoms with Crippen LogP contribution in [-0.4, -0.2) is 34.4 Å². The maximum atomic E-state index is 13.4. The molecule has 1 aliphatic rings. The number of carbonyl (C=O) groups is 1. The van der Waals surface area contributed by atoms with Crippen molar-refractivity contribution in [2.45, 2.75) is 31.7 Å². The van der Waals surface area contributed by atoms with E-state index in [4.69, 9.17) is 10.5 Å². The fraction of sp³-hybridized carbons (Fsp3) is 0.350. The highest BCUT2D eigenvalue weighted by Gasteiger charge is 2.35. The lowest BCUT2D eigenvalue weighted by molar-refractivity contribution is 0.0941. The average Bonchev–Trinajstić information content (AvgIpc) is 2.61. The Kier molecular flexibility index (Phi) is 4.87. The molecule has 1 heterocycles. The van der Waals surface area contributed by atoms with Crippen molar-refractivity contribution in [3.8, 4) is 11.5 Å². The molecule has 0 radical (unpaired) electrons. The van der Waals surface area contributed by atoms with Crippen LogP contribution in [0.4, 0.5) is 14.9 Å². The van der Waals surface area contributed by atoms with Gasteiger partial charge in [-0.2, -0.15) is 0 Å². The Hall–Kier alpha value is -2.96. The van der Waals surface area contributed by atoms with E-state index in [2.05, 4.69) is 0 Å². The number of nitrogen functional groups attached to an aromatic ring is 1. The molecule has 0 fully saturated rings. The van der Waals surface area contributed by atoms with Crippen LogP contribution < -0.4 is 10.5 Å². The van der Waals surface area contributed by atoms with E-state index in [0.717, 1.165) is 5.56 Å². The minimum absolute atomic E-state index is 0.169. The zero-order valence-electron chi connectivity index (χ0n) is 15.3. The molecule has 2 aromatic carbocycles. The van der Waals surface area contributed by atoms with Gasteiger partial charge >= 0.3 is 6.09 Å². The Morgan fingerprint density at radius 2 is 2.07 bits per heavy atom. The molecule has 0 aromatic heterocycles. The van der Waals surface area contributed by atoms with Gasteiger partial charge in [0.15, 0.2) is 11.6 Å². The summed E-state index contributed by atoms with van der Waals surface area (Å²) in [6.45, 7) is 4.28. The van der Waals surface area contributed by atoms with Gasteiger partial charge in [0, 0.05) is 35.7 Å². The van der Waals surface area contributed by atoms with Gasteiger partial charge in [0.25, 0.3) is 0 Å². The van der Waals surface area contributed by atoms with Gasteiger partial charge in [0.05, 0.1) is 12.6 Å². The van der Waals surface area contributed by atoms with E-state index in [-0.39, 0.29) is 12.6 Å². The third-order valence-electron chi connectivity index (χ3n) is 4.96. The summed E-state index contributed by atoms with van der Waals surface area (Å²) in [6, 6.07) is 8.93. The van der Waals surface area contributed by atoms with Crippen molar-refractivity contribution in [1.82, 2.24) is 4.90 Å². The number of aromatic hydroxyl groups is 1. The molecule has 0 spiro atoms. The third-order valence-corrected chi connectivity index (χ3v) is 4.96. The summed E-state index contributed by atoms with van der Waals surface area (Å²) < 4.78 is 19.0. The Labute approximate surface area is 157 Å². The number of benzene rings is 2. The molecule has 0 aliphatic carbocycles. The van der Waals surface area contributed by atoms with Gasteiger partial charge in [-0.1, -0.05) is 26.0 Å². The highest BCUT2D eigenvalue weighted by molar-refractivity contribution is 5.67. The standard InChI is InChI=1S/C20H23FN2O4/c1-20(2,12-3-6-15(21)17(24)9-12)11-23(19(25)26)16-7-8-27-18-10-13(22)4-5-14(16)18/h3-6,9-10,16,24H,7-8,11,22H2,1-2H3,(H,25,26). The second-order valence-corrected chi connectivity index (χ2v) is 7.41. The first-order valence-electron chi connectivity index (χ1n) is 8.70. The van der Waals surface area contributed by atoms with E-state index in [1.807, 2.05) is 13.8 Å². The number of phenolic OH excluding ortho intramolecular Hbond substituents is 1. The number of halogens is 1. The summed E-state index contributed by atoms with van der Waals surface area (Å²) >= 11 is 0. The lowest BCUT2D eigenvalue weighted by Crippen LogP contribution is -2.43. The van der Waals surface area contributed by atoms with Crippen LogP contribution in [0.2, 0.25) is 0 Å². The summed E-state index contributed by atoms with van der Waals surface area (Å²) in [7, 11) is 0. The van der Waals surface area contributed by atoms with E-state index >= 15 is 0 Å². The molecule has 0 saturated heterocycles. The number of hydrogen-bond donors (Lipinski definition) is 3. The van der Waals surface area contributed by atoms with Crippen LogP contribution in [0.25, 0.3) is 0 Å². The number of amides is 1. The van der Waals surface area contributed by atoms with Crippen LogP contribution in [-0.2, 0) is 5.41 Å². The second kappa shape index (κ2) is 6.98. The van der Waals surface area contributed by atoms with Crippen molar-refractivity contribution in [3.63, 3.8) is 0 Å².